The number of rotatable bonds is 4. The van der Waals surface area contributed by atoms with Gasteiger partial charge in [-0.15, -0.1) is 0 Å². The number of nitrogens with zero attached hydrogens (tertiary/aromatic N) is 4. The van der Waals surface area contributed by atoms with Gasteiger partial charge in [0, 0.05) is 38.2 Å². The maximum Gasteiger partial charge on any atom is 0.238 e. The monoisotopic (exact) mass is 569 g/mol. The van der Waals surface area contributed by atoms with Crippen molar-refractivity contribution in [3.8, 4) is 39.9 Å². The molecule has 0 atom stereocenters. The van der Waals surface area contributed by atoms with Crippen LogP contribution in [0.5, 0.6) is 0 Å². The summed E-state index contributed by atoms with van der Waals surface area (Å²) < 4.78 is 50.3. The SMILES string of the molecule is [2H]c1c([2H])c([2H])c(-c2cccc3c2oc2cccc(-c4nc(-c5ccccc5)nc(-n5c6ccccc6c6ccccc65)n4)c23)c([2H])c1[2H]. The van der Waals surface area contributed by atoms with Gasteiger partial charge in [-0.05, 0) is 23.8 Å². The minimum Gasteiger partial charge on any atom is -0.455 e. The van der Waals surface area contributed by atoms with Crippen molar-refractivity contribution in [1.82, 2.24) is 19.5 Å². The van der Waals surface area contributed by atoms with E-state index in [4.69, 9.17) is 26.2 Å². The summed E-state index contributed by atoms with van der Waals surface area (Å²) in [6, 6.07) is 35.4. The average Bonchev–Trinajstić information content (AvgIpc) is 3.70. The van der Waals surface area contributed by atoms with Gasteiger partial charge in [0.2, 0.25) is 5.95 Å². The lowest BCUT2D eigenvalue weighted by Crippen LogP contribution is -2.06. The molecule has 0 spiro atoms. The highest BCUT2D eigenvalue weighted by Gasteiger charge is 2.21. The van der Waals surface area contributed by atoms with E-state index in [0.29, 0.717) is 45.3 Å². The molecule has 9 aromatic rings. The van der Waals surface area contributed by atoms with Crippen molar-refractivity contribution in [2.24, 2.45) is 0 Å². The summed E-state index contributed by atoms with van der Waals surface area (Å²) in [5.41, 5.74) is 4.92. The van der Waals surface area contributed by atoms with Gasteiger partial charge in [0.25, 0.3) is 0 Å². The van der Waals surface area contributed by atoms with Gasteiger partial charge in [-0.2, -0.15) is 9.97 Å². The van der Waals surface area contributed by atoms with E-state index < -0.39 is 18.1 Å². The molecule has 44 heavy (non-hydrogen) atoms. The summed E-state index contributed by atoms with van der Waals surface area (Å²) in [7, 11) is 0. The zero-order valence-corrected chi connectivity index (χ0v) is 23.2. The number of fused-ring (bicyclic) bond motifs is 6. The molecule has 0 aliphatic carbocycles. The number of hydrogen-bond acceptors (Lipinski definition) is 4. The third kappa shape index (κ3) is 3.76. The van der Waals surface area contributed by atoms with Crippen LogP contribution in [0.2, 0.25) is 0 Å². The first-order valence-corrected chi connectivity index (χ1v) is 14.2. The first kappa shape index (κ1) is 19.9. The highest BCUT2D eigenvalue weighted by atomic mass is 16.3. The first-order valence-electron chi connectivity index (χ1n) is 16.7. The van der Waals surface area contributed by atoms with Crippen molar-refractivity contribution in [2.75, 3.05) is 0 Å². The highest BCUT2D eigenvalue weighted by Crippen LogP contribution is 2.40. The van der Waals surface area contributed by atoms with Gasteiger partial charge >= 0.3 is 0 Å². The molecule has 0 saturated carbocycles. The zero-order chi connectivity index (χ0) is 33.4. The van der Waals surface area contributed by atoms with Crippen molar-refractivity contribution in [2.45, 2.75) is 0 Å². The van der Waals surface area contributed by atoms with Gasteiger partial charge in [0.1, 0.15) is 11.2 Å². The second-order valence-electron chi connectivity index (χ2n) is 10.5. The quantitative estimate of drug-likeness (QED) is 0.212. The molecule has 206 valence electrons. The van der Waals surface area contributed by atoms with Gasteiger partial charge < -0.3 is 4.42 Å². The Morgan fingerprint density at radius 3 is 1.93 bits per heavy atom. The largest absolute Gasteiger partial charge is 0.455 e. The Labute approximate surface area is 259 Å². The number of hydrogen-bond donors (Lipinski definition) is 0. The summed E-state index contributed by atoms with van der Waals surface area (Å²) in [5.74, 6) is 1.41. The van der Waals surface area contributed by atoms with Gasteiger partial charge in [-0.3, -0.25) is 4.57 Å². The molecular weight excluding hydrogens is 540 g/mol. The molecule has 0 amide bonds. The fourth-order valence-electron chi connectivity index (χ4n) is 6.06. The maximum atomic E-state index is 8.63. The topological polar surface area (TPSA) is 56.7 Å². The minimum atomic E-state index is -0.444. The molecule has 3 heterocycles. The van der Waals surface area contributed by atoms with Gasteiger partial charge in [-0.1, -0.05) is 127 Å². The van der Waals surface area contributed by atoms with Gasteiger partial charge in [0.05, 0.1) is 17.9 Å². The molecule has 3 aromatic heterocycles. The van der Waals surface area contributed by atoms with Crippen LogP contribution in [0.4, 0.5) is 0 Å². The number of aromatic nitrogens is 4. The van der Waals surface area contributed by atoms with Crippen LogP contribution in [-0.4, -0.2) is 19.5 Å². The van der Waals surface area contributed by atoms with Crippen LogP contribution in [0.1, 0.15) is 6.85 Å². The minimum absolute atomic E-state index is 0.0809. The molecule has 0 aliphatic rings. The molecule has 0 saturated heterocycles. The number of para-hydroxylation sites is 3. The molecule has 0 fully saturated rings. The predicted molar refractivity (Wildman–Crippen MR) is 178 cm³/mol. The first-order chi connectivity index (χ1) is 23.9. The van der Waals surface area contributed by atoms with E-state index >= 15 is 0 Å². The van der Waals surface area contributed by atoms with Crippen LogP contribution < -0.4 is 0 Å². The lowest BCUT2D eigenvalue weighted by Gasteiger charge is -2.11. The fourth-order valence-corrected chi connectivity index (χ4v) is 6.06. The molecule has 5 nitrogen and oxygen atoms in total. The van der Waals surface area contributed by atoms with Crippen LogP contribution in [-0.2, 0) is 0 Å². The molecule has 5 heteroatoms. The average molecular weight is 570 g/mol. The smallest absolute Gasteiger partial charge is 0.238 e. The van der Waals surface area contributed by atoms with Crippen LogP contribution in [0.3, 0.4) is 0 Å². The Bertz CT molecular complexity index is 2710. The second-order valence-corrected chi connectivity index (χ2v) is 10.5. The Kier molecular flexibility index (Phi) is 4.42. The van der Waals surface area contributed by atoms with Crippen molar-refractivity contribution in [3.05, 3.63) is 145 Å². The van der Waals surface area contributed by atoms with E-state index in [0.717, 1.165) is 32.8 Å². The Balaban J connectivity index is 1.34. The van der Waals surface area contributed by atoms with Gasteiger partial charge in [0.15, 0.2) is 11.6 Å². The molecule has 0 unspecified atom stereocenters. The molecular formula is C39H24N4O. The molecule has 0 radical (unpaired) electrons. The predicted octanol–water partition coefficient (Wildman–Crippen LogP) is 9.87. The number of benzene rings is 6. The fraction of sp³-hybridized carbons (Fsp3) is 0. The molecule has 6 aromatic carbocycles. The maximum absolute atomic E-state index is 8.63. The summed E-state index contributed by atoms with van der Waals surface area (Å²) in [5, 5.41) is 3.62. The third-order valence-corrected chi connectivity index (χ3v) is 7.97. The van der Waals surface area contributed by atoms with E-state index in [1.165, 1.54) is 0 Å². The van der Waals surface area contributed by atoms with E-state index in [9.17, 15) is 0 Å². The zero-order valence-electron chi connectivity index (χ0n) is 28.2. The summed E-state index contributed by atoms with van der Waals surface area (Å²) >= 11 is 0. The van der Waals surface area contributed by atoms with Crippen molar-refractivity contribution < 1.29 is 11.3 Å². The van der Waals surface area contributed by atoms with Crippen molar-refractivity contribution >= 4 is 43.7 Å². The van der Waals surface area contributed by atoms with Gasteiger partial charge in [-0.25, -0.2) is 4.98 Å². The summed E-state index contributed by atoms with van der Waals surface area (Å²) in [4.78, 5) is 15.2. The van der Waals surface area contributed by atoms with E-state index in [-0.39, 0.29) is 17.6 Å². The Hall–Kier alpha value is -6.07. The summed E-state index contributed by atoms with van der Waals surface area (Å²) in [6.45, 7) is 0. The molecule has 0 N–H and O–H groups in total. The molecule has 0 aliphatic heterocycles. The van der Waals surface area contributed by atoms with Crippen LogP contribution in [0, 0.1) is 0 Å². The third-order valence-electron chi connectivity index (χ3n) is 7.97. The van der Waals surface area contributed by atoms with E-state index in [1.807, 2.05) is 78.9 Å². The summed E-state index contributed by atoms with van der Waals surface area (Å²) in [6.07, 6.45) is 0. The van der Waals surface area contributed by atoms with Crippen LogP contribution in [0.15, 0.2) is 150 Å². The van der Waals surface area contributed by atoms with Crippen molar-refractivity contribution in [1.29, 1.82) is 0 Å². The number of furan rings is 1. The lowest BCUT2D eigenvalue weighted by molar-refractivity contribution is 0.670. The van der Waals surface area contributed by atoms with Crippen LogP contribution >= 0.6 is 0 Å². The molecule has 0 bridgehead atoms. The highest BCUT2D eigenvalue weighted by molar-refractivity contribution is 6.15. The lowest BCUT2D eigenvalue weighted by atomic mass is 10.0. The van der Waals surface area contributed by atoms with Crippen molar-refractivity contribution in [3.63, 3.8) is 0 Å². The van der Waals surface area contributed by atoms with E-state index in [2.05, 4.69) is 28.8 Å². The normalized spacial score (nSPS) is 13.2. The second kappa shape index (κ2) is 9.75. The Morgan fingerprint density at radius 1 is 0.523 bits per heavy atom. The van der Waals surface area contributed by atoms with Crippen LogP contribution in [0.25, 0.3) is 83.6 Å². The Morgan fingerprint density at radius 2 is 1.16 bits per heavy atom. The van der Waals surface area contributed by atoms with E-state index in [1.54, 1.807) is 12.1 Å². The molecule has 9 rings (SSSR count). The standard InChI is InChI=1S/C39H24N4O/c1-3-13-25(14-4-1)27-19-11-20-30-35-31(21-12-24-34(35)44-36(27)30)38-40-37(26-15-5-2-6-16-26)41-39(42-38)43-32-22-9-7-17-28(32)29-18-8-10-23-33(29)43/h1-24H/i1D,3D,4D,13D,14D.